The molecule has 2 aliphatic rings. The molecular weight excluding hydrogens is 350 g/mol. The second-order valence-electron chi connectivity index (χ2n) is 5.45. The number of amides is 1. The number of nitrogens with zero attached hydrogens (tertiary/aromatic N) is 7. The van der Waals surface area contributed by atoms with Crippen LogP contribution < -0.4 is 0 Å². The second-order valence-corrected chi connectivity index (χ2v) is 6.51. The zero-order valence-corrected chi connectivity index (χ0v) is 13.1. The van der Waals surface area contributed by atoms with Gasteiger partial charge in [-0.1, -0.05) is 26.2 Å². The summed E-state index contributed by atoms with van der Waals surface area (Å²) in [7, 11) is 0. The van der Waals surface area contributed by atoms with E-state index in [1.54, 1.807) is 18.2 Å². The van der Waals surface area contributed by atoms with Crippen LogP contribution in [0.5, 0.6) is 0 Å². The van der Waals surface area contributed by atoms with E-state index in [2.05, 4.69) is 36.0 Å². The second kappa shape index (κ2) is 5.88. The van der Waals surface area contributed by atoms with Crippen molar-refractivity contribution in [1.82, 2.24) is 4.90 Å². The fourth-order valence-electron chi connectivity index (χ4n) is 2.91. The number of halogens is 1. The fourth-order valence-corrected chi connectivity index (χ4v) is 3.86. The first-order valence-corrected chi connectivity index (χ1v) is 7.69. The highest BCUT2D eigenvalue weighted by molar-refractivity contribution is 9.09. The minimum atomic E-state index is -0.0796. The van der Waals surface area contributed by atoms with Crippen LogP contribution in [0.4, 0.5) is 5.69 Å². The molecule has 1 aliphatic heterocycles. The highest BCUT2D eigenvalue weighted by Gasteiger charge is 2.55. The smallest absolute Gasteiger partial charge is 0.253 e. The van der Waals surface area contributed by atoms with Crippen LogP contribution in [-0.2, 0) is 6.54 Å². The van der Waals surface area contributed by atoms with Crippen LogP contribution >= 0.6 is 15.9 Å². The third-order valence-corrected chi connectivity index (χ3v) is 5.44. The van der Waals surface area contributed by atoms with Crippen molar-refractivity contribution in [2.24, 2.45) is 22.1 Å². The van der Waals surface area contributed by atoms with Crippen LogP contribution in [0.1, 0.15) is 15.9 Å². The molecule has 0 N–H and O–H groups in total. The Morgan fingerprint density at radius 1 is 1.27 bits per heavy atom. The van der Waals surface area contributed by atoms with Crippen molar-refractivity contribution in [3.8, 4) is 0 Å². The monoisotopic (exact) mass is 361 g/mol. The molecule has 1 saturated heterocycles. The Bertz CT molecular complexity index is 711. The first-order chi connectivity index (χ1) is 10.6. The molecule has 1 aromatic carbocycles. The number of likely N-dealkylation sites (tertiary alicyclic amines) is 1. The number of rotatable bonds is 4. The number of fused-ring (bicyclic) bond motifs is 1. The molecule has 1 saturated carbocycles. The van der Waals surface area contributed by atoms with Crippen molar-refractivity contribution in [2.75, 3.05) is 13.1 Å². The maximum absolute atomic E-state index is 12.6. The lowest BCUT2D eigenvalue weighted by atomic mass is 10.1. The number of azide groups is 2. The van der Waals surface area contributed by atoms with Gasteiger partial charge >= 0.3 is 0 Å². The van der Waals surface area contributed by atoms with Crippen molar-refractivity contribution >= 4 is 27.5 Å². The molecule has 3 atom stereocenters. The Kier molecular flexibility index (Phi) is 3.94. The van der Waals surface area contributed by atoms with Crippen molar-refractivity contribution < 1.29 is 4.79 Å². The minimum Gasteiger partial charge on any atom is -0.338 e. The van der Waals surface area contributed by atoms with E-state index in [0.717, 1.165) is 13.1 Å². The lowest BCUT2D eigenvalue weighted by molar-refractivity contribution is 0.0776. The summed E-state index contributed by atoms with van der Waals surface area (Å²) in [6.45, 7) is 1.61. The average molecular weight is 362 g/mol. The van der Waals surface area contributed by atoms with E-state index in [1.807, 2.05) is 4.90 Å². The fraction of sp³-hybridized carbons (Fsp3) is 0.462. The van der Waals surface area contributed by atoms with Gasteiger partial charge in [0.1, 0.15) is 0 Å². The SMILES string of the molecule is [N-]=[N+]=NCc1cc(N=[N+]=[N-])cc(C(=O)N2C[C@@H]3C(Br)[C@@H]3C2)c1. The van der Waals surface area contributed by atoms with Gasteiger partial charge in [-0.2, -0.15) is 0 Å². The number of hydrogen-bond acceptors (Lipinski definition) is 3. The maximum Gasteiger partial charge on any atom is 0.253 e. The summed E-state index contributed by atoms with van der Waals surface area (Å²) in [6, 6.07) is 4.86. The minimum absolute atomic E-state index is 0.0796. The lowest BCUT2D eigenvalue weighted by Crippen LogP contribution is -2.31. The van der Waals surface area contributed by atoms with E-state index in [0.29, 0.717) is 33.5 Å². The normalized spacial score (nSPS) is 25.0. The molecule has 22 heavy (non-hydrogen) atoms. The van der Waals surface area contributed by atoms with Gasteiger partial charge in [0.05, 0.1) is 6.54 Å². The molecule has 3 rings (SSSR count). The predicted molar refractivity (Wildman–Crippen MR) is 83.7 cm³/mol. The molecule has 8 nitrogen and oxygen atoms in total. The van der Waals surface area contributed by atoms with E-state index in [9.17, 15) is 4.79 Å². The molecule has 1 heterocycles. The summed E-state index contributed by atoms with van der Waals surface area (Å²) in [5, 5.41) is 7.03. The molecule has 0 bridgehead atoms. The summed E-state index contributed by atoms with van der Waals surface area (Å²) in [4.78, 5) is 20.4. The van der Waals surface area contributed by atoms with Gasteiger partial charge < -0.3 is 4.90 Å². The van der Waals surface area contributed by atoms with E-state index in [1.165, 1.54) is 0 Å². The van der Waals surface area contributed by atoms with Gasteiger partial charge in [0, 0.05) is 39.0 Å². The van der Waals surface area contributed by atoms with Crippen molar-refractivity contribution in [2.45, 2.75) is 11.4 Å². The Morgan fingerprint density at radius 3 is 2.64 bits per heavy atom. The largest absolute Gasteiger partial charge is 0.338 e. The molecule has 1 unspecified atom stereocenters. The molecule has 1 amide bonds. The third kappa shape index (κ3) is 2.74. The van der Waals surface area contributed by atoms with Gasteiger partial charge in [-0.15, -0.1) is 0 Å². The van der Waals surface area contributed by atoms with Gasteiger partial charge in [-0.05, 0) is 46.7 Å². The third-order valence-electron chi connectivity index (χ3n) is 4.08. The van der Waals surface area contributed by atoms with Gasteiger partial charge in [-0.3, -0.25) is 4.79 Å². The van der Waals surface area contributed by atoms with Gasteiger partial charge in [-0.25, -0.2) is 0 Å². The summed E-state index contributed by atoms with van der Waals surface area (Å²) in [6.07, 6.45) is 0. The van der Waals surface area contributed by atoms with E-state index in [-0.39, 0.29) is 12.5 Å². The lowest BCUT2D eigenvalue weighted by Gasteiger charge is -2.19. The van der Waals surface area contributed by atoms with E-state index in [4.69, 9.17) is 11.1 Å². The maximum atomic E-state index is 12.6. The standard InChI is InChI=1S/C13H12BrN7O/c14-12-10-5-21(6-11(10)12)13(22)8-1-7(4-17-19-15)2-9(3-8)18-20-16/h1-3,10-12H,4-6H2/t10-,11+,12?. The first-order valence-electron chi connectivity index (χ1n) is 6.77. The number of hydrogen-bond donors (Lipinski definition) is 0. The Labute approximate surface area is 134 Å². The number of piperidine rings is 1. The van der Waals surface area contributed by atoms with Crippen LogP contribution in [0.3, 0.4) is 0 Å². The zero-order valence-electron chi connectivity index (χ0n) is 11.5. The molecule has 2 fully saturated rings. The summed E-state index contributed by atoms with van der Waals surface area (Å²) >= 11 is 3.59. The highest BCUT2D eigenvalue weighted by Crippen LogP contribution is 2.50. The quantitative estimate of drug-likeness (QED) is 0.343. The van der Waals surface area contributed by atoms with Gasteiger partial charge in [0.2, 0.25) is 0 Å². The van der Waals surface area contributed by atoms with Crippen LogP contribution in [-0.4, -0.2) is 28.7 Å². The summed E-state index contributed by atoms with van der Waals surface area (Å²) < 4.78 is 0. The van der Waals surface area contributed by atoms with Crippen LogP contribution in [0.2, 0.25) is 0 Å². The predicted octanol–water partition coefficient (Wildman–Crippen LogP) is 3.90. The Balaban J connectivity index is 1.85. The number of alkyl halides is 1. The molecule has 0 spiro atoms. The molecule has 1 aliphatic carbocycles. The van der Waals surface area contributed by atoms with Crippen molar-refractivity contribution in [1.29, 1.82) is 0 Å². The number of benzene rings is 1. The number of carbonyl (C=O) groups is 1. The topological polar surface area (TPSA) is 118 Å². The van der Waals surface area contributed by atoms with Crippen LogP contribution in [0, 0.1) is 11.8 Å². The van der Waals surface area contributed by atoms with Crippen molar-refractivity contribution in [3.63, 3.8) is 0 Å². The summed E-state index contributed by atoms with van der Waals surface area (Å²) in [5.41, 5.74) is 18.4. The van der Waals surface area contributed by atoms with E-state index < -0.39 is 0 Å². The Hall–Kier alpha value is -2.21. The molecule has 9 heteroatoms. The van der Waals surface area contributed by atoms with Crippen LogP contribution in [0.25, 0.3) is 20.9 Å². The molecule has 1 aromatic rings. The van der Waals surface area contributed by atoms with Crippen molar-refractivity contribution in [3.05, 3.63) is 50.2 Å². The molecule has 112 valence electrons. The summed E-state index contributed by atoms with van der Waals surface area (Å²) in [5.74, 6) is 1.02. The van der Waals surface area contributed by atoms with Crippen LogP contribution in [0.15, 0.2) is 28.4 Å². The molecular formula is C13H12BrN7O. The molecule has 0 radical (unpaired) electrons. The van der Waals surface area contributed by atoms with E-state index >= 15 is 0 Å². The first kappa shape index (κ1) is 14.7. The highest BCUT2D eigenvalue weighted by atomic mass is 79.9. The van der Waals surface area contributed by atoms with Gasteiger partial charge in [0.15, 0.2) is 0 Å². The zero-order chi connectivity index (χ0) is 15.7. The van der Waals surface area contributed by atoms with Gasteiger partial charge in [0.25, 0.3) is 5.91 Å². The molecule has 0 aromatic heterocycles. The average Bonchev–Trinajstić information content (AvgIpc) is 2.94. The Morgan fingerprint density at radius 2 is 2.00 bits per heavy atom. The number of carbonyl (C=O) groups excluding carboxylic acids is 1.